The highest BCUT2D eigenvalue weighted by molar-refractivity contribution is 6.17. The molecule has 9 aromatic rings. The Labute approximate surface area is 222 Å². The standard InChI is InChI=1S/C35H21N3O/c1-4-13-31-22(8-1)16-17-25-19-30(36-38(25)31)23-9-7-10-24(18-23)37-32-14-5-2-11-26(32)28-21-35-29(20-33(28)37)27-12-3-6-15-34(27)39-35/h1-21H. The van der Waals surface area contributed by atoms with Gasteiger partial charge in [0.15, 0.2) is 0 Å². The van der Waals surface area contributed by atoms with E-state index in [0.29, 0.717) is 0 Å². The van der Waals surface area contributed by atoms with Crippen molar-refractivity contribution in [2.45, 2.75) is 0 Å². The molecule has 0 atom stereocenters. The molecule has 4 nitrogen and oxygen atoms in total. The van der Waals surface area contributed by atoms with Crippen molar-refractivity contribution in [2.75, 3.05) is 0 Å². The summed E-state index contributed by atoms with van der Waals surface area (Å²) in [6.07, 6.45) is 0. The van der Waals surface area contributed by atoms with Crippen LogP contribution in [0, 0.1) is 0 Å². The minimum atomic E-state index is 0.914. The quantitative estimate of drug-likeness (QED) is 0.238. The van der Waals surface area contributed by atoms with Gasteiger partial charge in [-0.25, -0.2) is 4.52 Å². The SMILES string of the molecule is c1cc(-c2cc3ccc4ccccc4n3n2)cc(-n2c3ccccc3c3cc4oc5ccccc5c4cc32)c1. The zero-order chi connectivity index (χ0) is 25.5. The zero-order valence-corrected chi connectivity index (χ0v) is 20.9. The van der Waals surface area contributed by atoms with E-state index in [9.17, 15) is 0 Å². The number of furan rings is 1. The lowest BCUT2D eigenvalue weighted by Crippen LogP contribution is -1.94. The number of nitrogens with zero attached hydrogens (tertiary/aromatic N) is 3. The number of pyridine rings is 1. The summed E-state index contributed by atoms with van der Waals surface area (Å²) in [5, 5.41) is 10.9. The van der Waals surface area contributed by atoms with Crippen LogP contribution in [-0.2, 0) is 0 Å². The molecule has 0 spiro atoms. The largest absolute Gasteiger partial charge is 0.456 e. The lowest BCUT2D eigenvalue weighted by molar-refractivity contribution is 0.669. The Hall–Kier alpha value is -5.35. The third-order valence-corrected chi connectivity index (χ3v) is 7.91. The minimum Gasteiger partial charge on any atom is -0.456 e. The van der Waals surface area contributed by atoms with Gasteiger partial charge in [-0.1, -0.05) is 72.8 Å². The van der Waals surface area contributed by atoms with Gasteiger partial charge in [0.2, 0.25) is 0 Å². The molecule has 0 N–H and O–H groups in total. The van der Waals surface area contributed by atoms with Crippen LogP contribution in [0.3, 0.4) is 0 Å². The molecule has 0 saturated carbocycles. The number of benzene rings is 5. The van der Waals surface area contributed by atoms with Crippen LogP contribution in [0.1, 0.15) is 0 Å². The number of fused-ring (bicyclic) bond motifs is 9. The van der Waals surface area contributed by atoms with Crippen molar-refractivity contribution in [2.24, 2.45) is 0 Å². The van der Waals surface area contributed by atoms with Crippen molar-refractivity contribution in [3.63, 3.8) is 0 Å². The van der Waals surface area contributed by atoms with Crippen molar-refractivity contribution < 1.29 is 4.42 Å². The van der Waals surface area contributed by atoms with Crippen LogP contribution in [0.25, 0.3) is 77.1 Å². The summed E-state index contributed by atoms with van der Waals surface area (Å²) in [6.45, 7) is 0. The van der Waals surface area contributed by atoms with Gasteiger partial charge in [0.05, 0.1) is 27.8 Å². The van der Waals surface area contributed by atoms with Crippen molar-refractivity contribution >= 4 is 60.2 Å². The van der Waals surface area contributed by atoms with Crippen LogP contribution in [0.4, 0.5) is 0 Å². The van der Waals surface area contributed by atoms with Gasteiger partial charge in [-0.2, -0.15) is 5.10 Å². The molecule has 4 heterocycles. The van der Waals surface area contributed by atoms with Crippen LogP contribution in [0.2, 0.25) is 0 Å². The van der Waals surface area contributed by atoms with Gasteiger partial charge in [-0.05, 0) is 54.6 Å². The molecule has 0 radical (unpaired) electrons. The lowest BCUT2D eigenvalue weighted by atomic mass is 10.1. The molecule has 0 aliphatic heterocycles. The Morgan fingerprint density at radius 1 is 0.513 bits per heavy atom. The summed E-state index contributed by atoms with van der Waals surface area (Å²) in [5.41, 5.74) is 9.49. The fraction of sp³-hybridized carbons (Fsp3) is 0. The van der Waals surface area contributed by atoms with Gasteiger partial charge in [0.1, 0.15) is 11.2 Å². The Morgan fingerprint density at radius 2 is 1.33 bits per heavy atom. The Kier molecular flexibility index (Phi) is 4.02. The van der Waals surface area contributed by atoms with Crippen LogP contribution in [0.15, 0.2) is 132 Å². The molecule has 9 rings (SSSR count). The van der Waals surface area contributed by atoms with Gasteiger partial charge < -0.3 is 8.98 Å². The zero-order valence-electron chi connectivity index (χ0n) is 20.9. The van der Waals surface area contributed by atoms with E-state index in [4.69, 9.17) is 9.52 Å². The fourth-order valence-corrected chi connectivity index (χ4v) is 6.11. The maximum absolute atomic E-state index is 6.24. The molecule has 4 heteroatoms. The first kappa shape index (κ1) is 20.7. The second-order valence-electron chi connectivity index (χ2n) is 10.1. The number of aromatic nitrogens is 3. The molecule has 0 unspecified atom stereocenters. The second kappa shape index (κ2) is 7.59. The van der Waals surface area contributed by atoms with Crippen molar-refractivity contribution in [1.29, 1.82) is 0 Å². The number of para-hydroxylation sites is 3. The number of hydrogen-bond acceptors (Lipinski definition) is 2. The fourth-order valence-electron chi connectivity index (χ4n) is 6.11. The van der Waals surface area contributed by atoms with Crippen LogP contribution >= 0.6 is 0 Å². The Morgan fingerprint density at radius 3 is 2.28 bits per heavy atom. The summed E-state index contributed by atoms with van der Waals surface area (Å²) in [6, 6.07) is 44.8. The van der Waals surface area contributed by atoms with Crippen LogP contribution < -0.4 is 0 Å². The summed E-state index contributed by atoms with van der Waals surface area (Å²) in [7, 11) is 0. The third kappa shape index (κ3) is 2.91. The smallest absolute Gasteiger partial charge is 0.136 e. The predicted octanol–water partition coefficient (Wildman–Crippen LogP) is 9.15. The molecular weight excluding hydrogens is 478 g/mol. The van der Waals surface area contributed by atoms with Gasteiger partial charge in [0, 0.05) is 38.2 Å². The molecule has 4 aromatic heterocycles. The summed E-state index contributed by atoms with van der Waals surface area (Å²) in [4.78, 5) is 0. The molecule has 5 aromatic carbocycles. The predicted molar refractivity (Wildman–Crippen MR) is 160 cm³/mol. The van der Waals surface area contributed by atoms with E-state index in [1.807, 2.05) is 16.6 Å². The average Bonchev–Trinajstić information content (AvgIpc) is 3.68. The number of rotatable bonds is 2. The lowest BCUT2D eigenvalue weighted by Gasteiger charge is -2.09. The summed E-state index contributed by atoms with van der Waals surface area (Å²) < 4.78 is 10.6. The van der Waals surface area contributed by atoms with E-state index in [1.54, 1.807) is 0 Å². The molecule has 39 heavy (non-hydrogen) atoms. The highest BCUT2D eigenvalue weighted by Gasteiger charge is 2.17. The van der Waals surface area contributed by atoms with Crippen molar-refractivity contribution in [3.05, 3.63) is 127 Å². The number of hydrogen-bond donors (Lipinski definition) is 0. The van der Waals surface area contributed by atoms with E-state index >= 15 is 0 Å². The monoisotopic (exact) mass is 499 g/mol. The van der Waals surface area contributed by atoms with E-state index < -0.39 is 0 Å². The van der Waals surface area contributed by atoms with E-state index in [1.165, 1.54) is 21.7 Å². The summed E-state index contributed by atoms with van der Waals surface area (Å²) in [5.74, 6) is 0. The molecule has 0 aliphatic rings. The maximum atomic E-state index is 6.24. The molecule has 0 saturated heterocycles. The first-order valence-corrected chi connectivity index (χ1v) is 13.1. The summed E-state index contributed by atoms with van der Waals surface area (Å²) >= 11 is 0. The average molecular weight is 500 g/mol. The van der Waals surface area contributed by atoms with Gasteiger partial charge >= 0.3 is 0 Å². The van der Waals surface area contributed by atoms with Crippen LogP contribution in [-0.4, -0.2) is 14.2 Å². The first-order chi connectivity index (χ1) is 19.3. The molecular formula is C35H21N3O. The van der Waals surface area contributed by atoms with E-state index in [2.05, 4.69) is 120 Å². The molecule has 182 valence electrons. The highest BCUT2D eigenvalue weighted by Crippen LogP contribution is 2.38. The molecule has 0 fully saturated rings. The Bertz CT molecular complexity index is 2400. The van der Waals surface area contributed by atoms with E-state index in [-0.39, 0.29) is 0 Å². The van der Waals surface area contributed by atoms with E-state index in [0.717, 1.165) is 55.4 Å². The van der Waals surface area contributed by atoms with Gasteiger partial charge in [-0.15, -0.1) is 0 Å². The third-order valence-electron chi connectivity index (χ3n) is 7.91. The topological polar surface area (TPSA) is 35.4 Å². The molecule has 0 bridgehead atoms. The van der Waals surface area contributed by atoms with Crippen molar-refractivity contribution in [3.8, 4) is 16.9 Å². The van der Waals surface area contributed by atoms with Crippen LogP contribution in [0.5, 0.6) is 0 Å². The first-order valence-electron chi connectivity index (χ1n) is 13.1. The molecule has 0 aliphatic carbocycles. The second-order valence-corrected chi connectivity index (χ2v) is 10.1. The Balaban J connectivity index is 1.30. The van der Waals surface area contributed by atoms with Gasteiger partial charge in [-0.3, -0.25) is 0 Å². The minimum absolute atomic E-state index is 0.914. The highest BCUT2D eigenvalue weighted by atomic mass is 16.3. The van der Waals surface area contributed by atoms with Crippen molar-refractivity contribution in [1.82, 2.24) is 14.2 Å². The van der Waals surface area contributed by atoms with Gasteiger partial charge in [0.25, 0.3) is 0 Å². The maximum Gasteiger partial charge on any atom is 0.136 e. The normalized spacial score (nSPS) is 12.1. The molecule has 0 amide bonds.